The third-order valence-corrected chi connectivity index (χ3v) is 7.87. The van der Waals surface area contributed by atoms with Crippen LogP contribution >= 0.6 is 0 Å². The summed E-state index contributed by atoms with van der Waals surface area (Å²) in [7, 11) is -1.23. The summed E-state index contributed by atoms with van der Waals surface area (Å²) in [6.45, 7) is 4.92. The van der Waals surface area contributed by atoms with Crippen LogP contribution in [-0.2, 0) is 26.2 Å². The van der Waals surface area contributed by atoms with Gasteiger partial charge in [0, 0.05) is 13.6 Å². The molecule has 1 N–H and O–H groups in total. The average Bonchev–Trinajstić information content (AvgIpc) is 2.90. The summed E-state index contributed by atoms with van der Waals surface area (Å²) in [5.41, 5.74) is 2.76. The minimum atomic E-state index is -4.17. The molecule has 0 aliphatic rings. The maximum absolute atomic E-state index is 13.9. The van der Waals surface area contributed by atoms with Gasteiger partial charge in [-0.25, -0.2) is 8.42 Å². The van der Waals surface area contributed by atoms with E-state index in [9.17, 15) is 18.0 Å². The zero-order chi connectivity index (χ0) is 27.2. The Labute approximate surface area is 218 Å². The normalized spacial score (nSPS) is 11.9. The van der Waals surface area contributed by atoms with Crippen LogP contribution in [0.15, 0.2) is 77.7 Å². The van der Waals surface area contributed by atoms with Crippen LogP contribution in [0.25, 0.3) is 0 Å². The van der Waals surface area contributed by atoms with Crippen LogP contribution in [0.1, 0.15) is 23.6 Å². The van der Waals surface area contributed by atoms with E-state index in [-0.39, 0.29) is 23.0 Å². The predicted octanol–water partition coefficient (Wildman–Crippen LogP) is 3.67. The molecule has 0 saturated heterocycles. The van der Waals surface area contributed by atoms with E-state index in [2.05, 4.69) is 5.32 Å². The maximum Gasteiger partial charge on any atom is 0.264 e. The van der Waals surface area contributed by atoms with Crippen molar-refractivity contribution in [2.45, 2.75) is 38.3 Å². The van der Waals surface area contributed by atoms with Crippen LogP contribution in [0.4, 0.5) is 5.69 Å². The zero-order valence-corrected chi connectivity index (χ0v) is 22.6. The fourth-order valence-corrected chi connectivity index (χ4v) is 5.33. The summed E-state index contributed by atoms with van der Waals surface area (Å²) < 4.78 is 34.4. The molecule has 0 fully saturated rings. The second-order valence-electron chi connectivity index (χ2n) is 8.80. The third-order valence-electron chi connectivity index (χ3n) is 6.10. The lowest BCUT2D eigenvalue weighted by Gasteiger charge is -2.32. The number of carbonyl (C=O) groups excluding carboxylic acids is 2. The molecule has 196 valence electrons. The number of hydrogen-bond acceptors (Lipinski definition) is 5. The van der Waals surface area contributed by atoms with Gasteiger partial charge in [0.1, 0.15) is 18.3 Å². The van der Waals surface area contributed by atoms with Crippen molar-refractivity contribution in [3.05, 3.63) is 89.5 Å². The minimum absolute atomic E-state index is 0.0448. The van der Waals surface area contributed by atoms with Crippen molar-refractivity contribution >= 4 is 27.5 Å². The number of benzene rings is 3. The van der Waals surface area contributed by atoms with Crippen molar-refractivity contribution in [2.24, 2.45) is 0 Å². The van der Waals surface area contributed by atoms with Crippen molar-refractivity contribution in [3.63, 3.8) is 0 Å². The van der Waals surface area contributed by atoms with Crippen LogP contribution in [-0.4, -0.2) is 51.9 Å². The molecule has 0 heterocycles. The summed E-state index contributed by atoms with van der Waals surface area (Å²) in [6, 6.07) is 20.0. The topological polar surface area (TPSA) is 96.0 Å². The van der Waals surface area contributed by atoms with E-state index < -0.39 is 28.5 Å². The number of likely N-dealkylation sites (N-methyl/N-ethyl adjacent to an activating group) is 1. The first-order chi connectivity index (χ1) is 17.6. The molecule has 3 aromatic rings. The third kappa shape index (κ3) is 6.48. The summed E-state index contributed by atoms with van der Waals surface area (Å²) in [6.07, 6.45) is 0. The molecule has 8 nitrogen and oxygen atoms in total. The molecule has 2 amide bonds. The highest BCUT2D eigenvalue weighted by Gasteiger charge is 2.33. The average molecular weight is 524 g/mol. The number of nitrogens with one attached hydrogen (secondary N) is 1. The van der Waals surface area contributed by atoms with Gasteiger partial charge in [-0.2, -0.15) is 0 Å². The number of rotatable bonds is 10. The molecule has 0 bridgehead atoms. The maximum atomic E-state index is 13.9. The summed E-state index contributed by atoms with van der Waals surface area (Å²) in [5.74, 6) is -0.576. The summed E-state index contributed by atoms with van der Waals surface area (Å²) in [5, 5.41) is 2.57. The number of methoxy groups -OCH3 is 1. The minimum Gasteiger partial charge on any atom is -0.495 e. The molecule has 0 saturated carbocycles. The van der Waals surface area contributed by atoms with E-state index in [1.54, 1.807) is 37.3 Å². The van der Waals surface area contributed by atoms with E-state index in [4.69, 9.17) is 4.74 Å². The molecular formula is C28H33N3O5S. The Kier molecular flexibility index (Phi) is 8.94. The van der Waals surface area contributed by atoms with Gasteiger partial charge in [0.15, 0.2) is 0 Å². The van der Waals surface area contributed by atoms with Crippen molar-refractivity contribution < 1.29 is 22.7 Å². The fourth-order valence-electron chi connectivity index (χ4n) is 3.92. The fraction of sp³-hybridized carbons (Fsp3) is 0.286. The summed E-state index contributed by atoms with van der Waals surface area (Å²) in [4.78, 5) is 27.8. The SMILES string of the molecule is CNC(=O)[C@@H](C)N(Cc1ccccc1)C(=O)CN(c1cc(C)ccc1OC)S(=O)(=O)c1ccc(C)cc1. The molecule has 0 spiro atoms. The van der Waals surface area contributed by atoms with Gasteiger partial charge in [-0.05, 0) is 56.2 Å². The van der Waals surface area contributed by atoms with Gasteiger partial charge in [-0.15, -0.1) is 0 Å². The standard InChI is InChI=1S/C28H33N3O5S/c1-20-11-14-24(15-12-20)37(34,35)31(25-17-21(2)13-16-26(25)36-5)19-27(32)30(22(3)28(33)29-4)18-23-9-7-6-8-10-23/h6-17,22H,18-19H2,1-5H3,(H,29,33)/t22-/m1/s1. The highest BCUT2D eigenvalue weighted by atomic mass is 32.2. The lowest BCUT2D eigenvalue weighted by Crippen LogP contribution is -2.50. The molecule has 9 heteroatoms. The van der Waals surface area contributed by atoms with Crippen molar-refractivity contribution in [2.75, 3.05) is 25.0 Å². The Bertz CT molecular complexity index is 1340. The number of nitrogens with zero attached hydrogens (tertiary/aromatic N) is 2. The summed E-state index contributed by atoms with van der Waals surface area (Å²) >= 11 is 0. The number of sulfonamides is 1. The Morgan fingerprint density at radius 1 is 0.946 bits per heavy atom. The Hall–Kier alpha value is -3.85. The van der Waals surface area contributed by atoms with E-state index in [0.29, 0.717) is 5.75 Å². The number of aryl methyl sites for hydroxylation is 2. The lowest BCUT2D eigenvalue weighted by atomic mass is 10.1. The quantitative estimate of drug-likeness (QED) is 0.438. The highest BCUT2D eigenvalue weighted by molar-refractivity contribution is 7.92. The largest absolute Gasteiger partial charge is 0.495 e. The zero-order valence-electron chi connectivity index (χ0n) is 21.8. The molecule has 0 aliphatic heterocycles. The molecule has 0 aromatic heterocycles. The number of anilines is 1. The van der Waals surface area contributed by atoms with Crippen LogP contribution in [0.3, 0.4) is 0 Å². The van der Waals surface area contributed by atoms with Crippen molar-refractivity contribution in [3.8, 4) is 5.75 Å². The molecule has 37 heavy (non-hydrogen) atoms. The van der Waals surface area contributed by atoms with Gasteiger partial charge in [0.05, 0.1) is 17.7 Å². The molecule has 0 aliphatic carbocycles. The molecule has 1 atom stereocenters. The predicted molar refractivity (Wildman–Crippen MR) is 144 cm³/mol. The van der Waals surface area contributed by atoms with Gasteiger partial charge in [-0.1, -0.05) is 54.1 Å². The van der Waals surface area contributed by atoms with Gasteiger partial charge in [0.2, 0.25) is 11.8 Å². The number of hydrogen-bond donors (Lipinski definition) is 1. The van der Waals surface area contributed by atoms with Gasteiger partial charge in [0.25, 0.3) is 10.0 Å². The van der Waals surface area contributed by atoms with Gasteiger partial charge in [-0.3, -0.25) is 13.9 Å². The van der Waals surface area contributed by atoms with Crippen molar-refractivity contribution in [1.29, 1.82) is 0 Å². The first-order valence-corrected chi connectivity index (χ1v) is 13.3. The van der Waals surface area contributed by atoms with Crippen LogP contribution in [0, 0.1) is 13.8 Å². The smallest absolute Gasteiger partial charge is 0.264 e. The van der Waals surface area contributed by atoms with Crippen molar-refractivity contribution in [1.82, 2.24) is 10.2 Å². The first-order valence-electron chi connectivity index (χ1n) is 11.9. The number of carbonyl (C=O) groups is 2. The first kappa shape index (κ1) is 27.7. The monoisotopic (exact) mass is 523 g/mol. The van der Waals surface area contributed by atoms with E-state index in [1.807, 2.05) is 44.2 Å². The van der Waals surface area contributed by atoms with Gasteiger partial charge >= 0.3 is 0 Å². The second-order valence-corrected chi connectivity index (χ2v) is 10.7. The molecule has 0 unspecified atom stereocenters. The molecule has 3 rings (SSSR count). The Morgan fingerprint density at radius 2 is 1.57 bits per heavy atom. The molecule has 3 aromatic carbocycles. The van der Waals surface area contributed by atoms with E-state index in [0.717, 1.165) is 21.0 Å². The lowest BCUT2D eigenvalue weighted by molar-refractivity contribution is -0.139. The molecular weight excluding hydrogens is 490 g/mol. The molecule has 0 radical (unpaired) electrons. The number of ether oxygens (including phenoxy) is 1. The Balaban J connectivity index is 2.10. The van der Waals surface area contributed by atoms with Crippen LogP contribution in [0.2, 0.25) is 0 Å². The van der Waals surface area contributed by atoms with Gasteiger partial charge < -0.3 is 15.0 Å². The highest BCUT2D eigenvalue weighted by Crippen LogP contribution is 2.33. The number of amides is 2. The van der Waals surface area contributed by atoms with E-state index >= 15 is 0 Å². The van der Waals surface area contributed by atoms with E-state index in [1.165, 1.54) is 31.2 Å². The Morgan fingerprint density at radius 3 is 2.16 bits per heavy atom. The second kappa shape index (κ2) is 11.9. The van der Waals surface area contributed by atoms with Crippen LogP contribution < -0.4 is 14.4 Å². The van der Waals surface area contributed by atoms with Crippen LogP contribution in [0.5, 0.6) is 5.75 Å².